The van der Waals surface area contributed by atoms with Crippen molar-refractivity contribution in [1.82, 2.24) is 15.1 Å². The van der Waals surface area contributed by atoms with Crippen molar-refractivity contribution < 1.29 is 13.2 Å². The van der Waals surface area contributed by atoms with Gasteiger partial charge in [0.15, 0.2) is 15.5 Å². The second kappa shape index (κ2) is 7.00. The fourth-order valence-electron chi connectivity index (χ4n) is 3.02. The Kier molecular flexibility index (Phi) is 4.94. The lowest BCUT2D eigenvalue weighted by Crippen LogP contribution is -2.25. The smallest absolute Gasteiger partial charge is 0.271 e. The molecule has 0 spiro atoms. The molecule has 2 heterocycles. The van der Waals surface area contributed by atoms with E-state index < -0.39 is 9.84 Å². The van der Waals surface area contributed by atoms with Gasteiger partial charge < -0.3 is 5.32 Å². The molecule has 3 rings (SSSR count). The highest BCUT2D eigenvalue weighted by Crippen LogP contribution is 2.30. The Balaban J connectivity index is 2.00. The summed E-state index contributed by atoms with van der Waals surface area (Å²) in [4.78, 5) is 12.3. The third-order valence-corrected chi connectivity index (χ3v) is 6.16. The van der Waals surface area contributed by atoms with Crippen molar-refractivity contribution in [3.63, 3.8) is 0 Å². The molecule has 1 aliphatic rings. The van der Waals surface area contributed by atoms with E-state index in [0.717, 1.165) is 23.2 Å². The maximum absolute atomic E-state index is 12.3. The van der Waals surface area contributed by atoms with E-state index in [1.165, 1.54) is 0 Å². The summed E-state index contributed by atoms with van der Waals surface area (Å²) in [6, 6.07) is 9.46. The van der Waals surface area contributed by atoms with E-state index in [1.54, 1.807) is 10.7 Å². The minimum atomic E-state index is -3.04. The minimum Gasteiger partial charge on any atom is -0.351 e. The van der Waals surface area contributed by atoms with E-state index in [9.17, 15) is 13.2 Å². The van der Waals surface area contributed by atoms with Crippen LogP contribution in [0.2, 0.25) is 0 Å². The summed E-state index contributed by atoms with van der Waals surface area (Å²) in [5, 5.41) is 7.27. The van der Waals surface area contributed by atoms with Gasteiger partial charge in [0.25, 0.3) is 5.91 Å². The van der Waals surface area contributed by atoms with Gasteiger partial charge in [-0.1, -0.05) is 36.8 Å². The molecule has 25 heavy (non-hydrogen) atoms. The molecule has 1 unspecified atom stereocenters. The number of nitrogens with zero attached hydrogens (tertiary/aromatic N) is 2. The molecule has 2 aromatic rings. The summed E-state index contributed by atoms with van der Waals surface area (Å²) in [5.41, 5.74) is 3.17. The molecule has 7 heteroatoms. The van der Waals surface area contributed by atoms with E-state index in [-0.39, 0.29) is 23.5 Å². The predicted molar refractivity (Wildman–Crippen MR) is 97.3 cm³/mol. The Bertz CT molecular complexity index is 869. The van der Waals surface area contributed by atoms with Gasteiger partial charge in [-0.25, -0.2) is 8.42 Å². The maximum atomic E-state index is 12.3. The van der Waals surface area contributed by atoms with Gasteiger partial charge in [0, 0.05) is 6.54 Å². The fraction of sp³-hybridized carbons (Fsp3) is 0.444. The van der Waals surface area contributed by atoms with Crippen LogP contribution in [-0.2, 0) is 9.84 Å². The zero-order valence-electron chi connectivity index (χ0n) is 14.5. The van der Waals surface area contributed by atoms with Crippen molar-refractivity contribution in [2.75, 3.05) is 18.1 Å². The Hall–Kier alpha value is -2.15. The van der Waals surface area contributed by atoms with E-state index in [4.69, 9.17) is 0 Å². The van der Waals surface area contributed by atoms with Gasteiger partial charge in [0.1, 0.15) is 0 Å². The van der Waals surface area contributed by atoms with Crippen molar-refractivity contribution in [3.8, 4) is 11.3 Å². The number of rotatable bonds is 5. The Morgan fingerprint density at radius 3 is 2.64 bits per heavy atom. The third kappa shape index (κ3) is 3.92. The molecule has 0 radical (unpaired) electrons. The van der Waals surface area contributed by atoms with Crippen LogP contribution in [0.5, 0.6) is 0 Å². The molecular weight excluding hydrogens is 338 g/mol. The number of amides is 1. The summed E-state index contributed by atoms with van der Waals surface area (Å²) in [6.07, 6.45) is 1.37. The molecule has 1 amide bonds. The highest BCUT2D eigenvalue weighted by Gasteiger charge is 2.32. The SMILES string of the molecule is CCCNC(=O)c1cc(-c2ccc(C)cc2)n(C2CCS(=O)(=O)C2)n1. The van der Waals surface area contributed by atoms with E-state index in [2.05, 4.69) is 10.4 Å². The van der Waals surface area contributed by atoms with E-state index in [1.807, 2.05) is 38.1 Å². The summed E-state index contributed by atoms with van der Waals surface area (Å²) >= 11 is 0. The van der Waals surface area contributed by atoms with Gasteiger partial charge in [-0.15, -0.1) is 0 Å². The van der Waals surface area contributed by atoms with Gasteiger partial charge in [-0.2, -0.15) is 5.10 Å². The molecule has 0 aliphatic carbocycles. The summed E-state index contributed by atoms with van der Waals surface area (Å²) in [6.45, 7) is 4.58. The van der Waals surface area contributed by atoms with Gasteiger partial charge in [0.2, 0.25) is 0 Å². The number of hydrogen-bond donors (Lipinski definition) is 1. The number of nitrogens with one attached hydrogen (secondary N) is 1. The van der Waals surface area contributed by atoms with Crippen LogP contribution >= 0.6 is 0 Å². The monoisotopic (exact) mass is 361 g/mol. The molecule has 1 atom stereocenters. The topological polar surface area (TPSA) is 81.1 Å². The number of aryl methyl sites for hydroxylation is 1. The second-order valence-corrected chi connectivity index (χ2v) is 8.77. The average Bonchev–Trinajstić information content (AvgIpc) is 3.16. The number of benzene rings is 1. The zero-order valence-corrected chi connectivity index (χ0v) is 15.3. The normalized spacial score (nSPS) is 19.0. The van der Waals surface area contributed by atoms with Crippen LogP contribution in [-0.4, -0.2) is 42.2 Å². The maximum Gasteiger partial charge on any atom is 0.271 e. The van der Waals surface area contributed by atoms with E-state index in [0.29, 0.717) is 18.7 Å². The van der Waals surface area contributed by atoms with Crippen LogP contribution in [0, 0.1) is 6.92 Å². The van der Waals surface area contributed by atoms with Gasteiger partial charge >= 0.3 is 0 Å². The molecule has 1 aliphatic heterocycles. The van der Waals surface area contributed by atoms with Crippen molar-refractivity contribution >= 4 is 15.7 Å². The number of aromatic nitrogens is 2. The number of carbonyl (C=O) groups excluding carboxylic acids is 1. The van der Waals surface area contributed by atoms with Crippen molar-refractivity contribution in [2.24, 2.45) is 0 Å². The van der Waals surface area contributed by atoms with Gasteiger partial charge in [0.05, 0.1) is 23.2 Å². The van der Waals surface area contributed by atoms with Crippen molar-refractivity contribution in [3.05, 3.63) is 41.6 Å². The van der Waals surface area contributed by atoms with Crippen molar-refractivity contribution in [1.29, 1.82) is 0 Å². The van der Waals surface area contributed by atoms with Crippen molar-refractivity contribution in [2.45, 2.75) is 32.7 Å². The molecule has 0 saturated carbocycles. The molecule has 0 bridgehead atoms. The quantitative estimate of drug-likeness (QED) is 0.886. The largest absolute Gasteiger partial charge is 0.351 e. The van der Waals surface area contributed by atoms with Gasteiger partial charge in [-0.05, 0) is 31.4 Å². The highest BCUT2D eigenvalue weighted by molar-refractivity contribution is 7.91. The van der Waals surface area contributed by atoms with Crippen LogP contribution in [0.4, 0.5) is 0 Å². The predicted octanol–water partition coefficient (Wildman–Crippen LogP) is 2.36. The average molecular weight is 361 g/mol. The lowest BCUT2D eigenvalue weighted by Gasteiger charge is -2.13. The highest BCUT2D eigenvalue weighted by atomic mass is 32.2. The first-order valence-electron chi connectivity index (χ1n) is 8.55. The second-order valence-electron chi connectivity index (χ2n) is 6.54. The van der Waals surface area contributed by atoms with Crippen LogP contribution in [0.1, 0.15) is 41.9 Å². The molecule has 1 fully saturated rings. The standard InChI is InChI=1S/C18H23N3O3S/c1-3-9-19-18(22)16-11-17(14-6-4-13(2)5-7-14)21(20-16)15-8-10-25(23,24)12-15/h4-7,11,15H,3,8-10,12H2,1-2H3,(H,19,22). The Labute approximate surface area is 148 Å². The third-order valence-electron chi connectivity index (χ3n) is 4.41. The molecule has 134 valence electrons. The molecule has 6 nitrogen and oxygen atoms in total. The molecule has 1 aromatic carbocycles. The lowest BCUT2D eigenvalue weighted by atomic mass is 10.1. The summed E-state index contributed by atoms with van der Waals surface area (Å²) < 4.78 is 25.5. The van der Waals surface area contributed by atoms with Crippen LogP contribution in [0.15, 0.2) is 30.3 Å². The first kappa shape index (κ1) is 17.7. The lowest BCUT2D eigenvalue weighted by molar-refractivity contribution is 0.0947. The number of hydrogen-bond acceptors (Lipinski definition) is 4. The zero-order chi connectivity index (χ0) is 18.0. The molecule has 1 N–H and O–H groups in total. The van der Waals surface area contributed by atoms with E-state index >= 15 is 0 Å². The van der Waals surface area contributed by atoms with Crippen LogP contribution in [0.3, 0.4) is 0 Å². The first-order valence-corrected chi connectivity index (χ1v) is 10.4. The Morgan fingerprint density at radius 2 is 2.04 bits per heavy atom. The molecular formula is C18H23N3O3S. The Morgan fingerprint density at radius 1 is 1.32 bits per heavy atom. The number of sulfone groups is 1. The first-order chi connectivity index (χ1) is 11.9. The summed E-state index contributed by atoms with van der Waals surface area (Å²) in [5.74, 6) is 0.0148. The van der Waals surface area contributed by atoms with Crippen LogP contribution in [0.25, 0.3) is 11.3 Å². The van der Waals surface area contributed by atoms with Gasteiger partial charge in [-0.3, -0.25) is 9.48 Å². The molecule has 1 saturated heterocycles. The van der Waals surface area contributed by atoms with Crippen LogP contribution < -0.4 is 5.32 Å². The number of carbonyl (C=O) groups is 1. The summed E-state index contributed by atoms with van der Waals surface area (Å²) in [7, 11) is -3.04. The minimum absolute atomic E-state index is 0.0730. The fourth-order valence-corrected chi connectivity index (χ4v) is 4.71. The molecule has 1 aromatic heterocycles.